The number of hydrogen-bond acceptors (Lipinski definition) is 3. The number of furan rings is 1. The standard InChI is InChI=1S/C15H15NO4/c1-16(10-9-11-5-3-2-4-6-11)14(17)12-7-8-13(20-12)15(18)19/h2-8H,9-10H2,1H3,(H,18,19). The van der Waals surface area contributed by atoms with Gasteiger partial charge in [0.2, 0.25) is 5.76 Å². The molecule has 0 atom stereocenters. The van der Waals surface area contributed by atoms with Gasteiger partial charge in [-0.05, 0) is 24.1 Å². The van der Waals surface area contributed by atoms with Crippen LogP contribution >= 0.6 is 0 Å². The van der Waals surface area contributed by atoms with Crippen LogP contribution < -0.4 is 0 Å². The molecule has 0 bridgehead atoms. The molecular weight excluding hydrogens is 258 g/mol. The fourth-order valence-electron chi connectivity index (χ4n) is 1.80. The minimum Gasteiger partial charge on any atom is -0.475 e. The van der Waals surface area contributed by atoms with Crippen LogP contribution in [0.3, 0.4) is 0 Å². The summed E-state index contributed by atoms with van der Waals surface area (Å²) in [4.78, 5) is 24.3. The molecule has 0 aliphatic carbocycles. The zero-order valence-electron chi connectivity index (χ0n) is 11.1. The number of carboxylic acids is 1. The van der Waals surface area contributed by atoms with Crippen molar-refractivity contribution in [3.05, 3.63) is 59.5 Å². The first-order valence-corrected chi connectivity index (χ1v) is 6.20. The maximum Gasteiger partial charge on any atom is 0.371 e. The highest BCUT2D eigenvalue weighted by atomic mass is 16.4. The lowest BCUT2D eigenvalue weighted by Crippen LogP contribution is -2.28. The van der Waals surface area contributed by atoms with Crippen LogP contribution in [0.25, 0.3) is 0 Å². The highest BCUT2D eigenvalue weighted by Gasteiger charge is 2.18. The highest BCUT2D eigenvalue weighted by Crippen LogP contribution is 2.11. The van der Waals surface area contributed by atoms with Crippen molar-refractivity contribution in [3.63, 3.8) is 0 Å². The molecule has 1 N–H and O–H groups in total. The Morgan fingerprint density at radius 1 is 1.10 bits per heavy atom. The Hall–Kier alpha value is -2.56. The number of rotatable bonds is 5. The first kappa shape index (κ1) is 13.9. The fraction of sp³-hybridized carbons (Fsp3) is 0.200. The lowest BCUT2D eigenvalue weighted by Gasteiger charge is -2.15. The molecule has 104 valence electrons. The summed E-state index contributed by atoms with van der Waals surface area (Å²) in [6.07, 6.45) is 0.732. The van der Waals surface area contributed by atoms with Gasteiger partial charge in [-0.25, -0.2) is 4.79 Å². The second-order valence-electron chi connectivity index (χ2n) is 4.43. The SMILES string of the molecule is CN(CCc1ccccc1)C(=O)c1ccc(C(=O)O)o1. The quantitative estimate of drug-likeness (QED) is 0.907. The van der Waals surface area contributed by atoms with E-state index in [-0.39, 0.29) is 17.4 Å². The van der Waals surface area contributed by atoms with Crippen LogP contribution in [0.2, 0.25) is 0 Å². The summed E-state index contributed by atoms with van der Waals surface area (Å²) in [5.74, 6) is -1.70. The largest absolute Gasteiger partial charge is 0.475 e. The number of likely N-dealkylation sites (N-methyl/N-ethyl adjacent to an activating group) is 1. The van der Waals surface area contributed by atoms with Gasteiger partial charge in [0, 0.05) is 13.6 Å². The average Bonchev–Trinajstić information content (AvgIpc) is 2.95. The van der Waals surface area contributed by atoms with Crippen LogP contribution in [0, 0.1) is 0 Å². The first-order chi connectivity index (χ1) is 9.58. The predicted octanol–water partition coefficient (Wildman–Crippen LogP) is 2.29. The lowest BCUT2D eigenvalue weighted by molar-refractivity contribution is 0.0654. The van der Waals surface area contributed by atoms with Gasteiger partial charge in [0.25, 0.3) is 5.91 Å². The van der Waals surface area contributed by atoms with E-state index in [4.69, 9.17) is 9.52 Å². The normalized spacial score (nSPS) is 10.2. The number of hydrogen-bond donors (Lipinski definition) is 1. The predicted molar refractivity (Wildman–Crippen MR) is 72.8 cm³/mol. The molecule has 0 spiro atoms. The second kappa shape index (κ2) is 6.06. The zero-order valence-corrected chi connectivity index (χ0v) is 11.1. The molecule has 0 aliphatic rings. The van der Waals surface area contributed by atoms with Gasteiger partial charge in [0.1, 0.15) is 0 Å². The molecule has 0 radical (unpaired) electrons. The number of carbonyl (C=O) groups is 2. The average molecular weight is 273 g/mol. The molecule has 1 aromatic heterocycles. The van der Waals surface area contributed by atoms with Gasteiger partial charge in [-0.15, -0.1) is 0 Å². The molecule has 1 heterocycles. The molecule has 0 fully saturated rings. The Morgan fingerprint density at radius 2 is 1.75 bits per heavy atom. The van der Waals surface area contributed by atoms with Crippen molar-refractivity contribution in [1.29, 1.82) is 0 Å². The van der Waals surface area contributed by atoms with Crippen molar-refractivity contribution >= 4 is 11.9 Å². The van der Waals surface area contributed by atoms with Crippen LogP contribution in [0.1, 0.15) is 26.7 Å². The highest BCUT2D eigenvalue weighted by molar-refractivity contribution is 5.93. The molecule has 2 aromatic rings. The van der Waals surface area contributed by atoms with E-state index in [1.54, 1.807) is 7.05 Å². The minimum atomic E-state index is -1.18. The van der Waals surface area contributed by atoms with E-state index in [9.17, 15) is 9.59 Å². The van der Waals surface area contributed by atoms with Crippen molar-refractivity contribution in [1.82, 2.24) is 4.90 Å². The van der Waals surface area contributed by atoms with Crippen LogP contribution in [0.4, 0.5) is 0 Å². The monoisotopic (exact) mass is 273 g/mol. The van der Waals surface area contributed by atoms with Crippen LogP contribution in [0.15, 0.2) is 46.9 Å². The summed E-state index contributed by atoms with van der Waals surface area (Å²) < 4.78 is 4.99. The van der Waals surface area contributed by atoms with Gasteiger partial charge >= 0.3 is 5.97 Å². The first-order valence-electron chi connectivity index (χ1n) is 6.20. The van der Waals surface area contributed by atoms with Gasteiger partial charge < -0.3 is 14.4 Å². The van der Waals surface area contributed by atoms with Crippen LogP contribution in [-0.2, 0) is 6.42 Å². The van der Waals surface area contributed by atoms with Crippen molar-refractivity contribution in [2.24, 2.45) is 0 Å². The van der Waals surface area contributed by atoms with E-state index in [1.165, 1.54) is 17.0 Å². The molecule has 0 aliphatic heterocycles. The Balaban J connectivity index is 1.96. The summed E-state index contributed by atoms with van der Waals surface area (Å²) in [5, 5.41) is 8.75. The summed E-state index contributed by atoms with van der Waals surface area (Å²) >= 11 is 0. The number of nitrogens with zero attached hydrogens (tertiary/aromatic N) is 1. The van der Waals surface area contributed by atoms with Gasteiger partial charge in [-0.3, -0.25) is 4.79 Å². The number of benzene rings is 1. The van der Waals surface area contributed by atoms with Crippen LogP contribution in [0.5, 0.6) is 0 Å². The molecule has 0 unspecified atom stereocenters. The Labute approximate surface area is 116 Å². The summed E-state index contributed by atoms with van der Waals surface area (Å²) in [6, 6.07) is 12.5. The lowest BCUT2D eigenvalue weighted by atomic mass is 10.1. The number of aromatic carboxylic acids is 1. The zero-order chi connectivity index (χ0) is 14.5. The Bertz CT molecular complexity index is 603. The summed E-state index contributed by atoms with van der Waals surface area (Å²) in [5.41, 5.74) is 1.14. The third-order valence-corrected chi connectivity index (χ3v) is 2.95. The third-order valence-electron chi connectivity index (χ3n) is 2.95. The topological polar surface area (TPSA) is 70.8 Å². The van der Waals surface area contributed by atoms with Crippen molar-refractivity contribution in [2.45, 2.75) is 6.42 Å². The Morgan fingerprint density at radius 3 is 2.35 bits per heavy atom. The van der Waals surface area contributed by atoms with E-state index >= 15 is 0 Å². The second-order valence-corrected chi connectivity index (χ2v) is 4.43. The molecule has 1 aromatic carbocycles. The van der Waals surface area contributed by atoms with Gasteiger partial charge in [-0.2, -0.15) is 0 Å². The minimum absolute atomic E-state index is 0.0398. The van der Waals surface area contributed by atoms with Gasteiger partial charge in [-0.1, -0.05) is 30.3 Å². The molecule has 1 amide bonds. The molecule has 5 nitrogen and oxygen atoms in total. The van der Waals surface area contributed by atoms with Crippen molar-refractivity contribution in [3.8, 4) is 0 Å². The molecule has 5 heteroatoms. The summed E-state index contributed by atoms with van der Waals surface area (Å²) in [7, 11) is 1.66. The molecule has 0 saturated heterocycles. The fourth-order valence-corrected chi connectivity index (χ4v) is 1.80. The Kier molecular flexibility index (Phi) is 4.20. The van der Waals surface area contributed by atoms with Crippen molar-refractivity contribution in [2.75, 3.05) is 13.6 Å². The van der Waals surface area contributed by atoms with E-state index in [0.717, 1.165) is 12.0 Å². The molecular formula is C15H15NO4. The number of carbonyl (C=O) groups excluding carboxylic acids is 1. The third kappa shape index (κ3) is 3.26. The van der Waals surface area contributed by atoms with E-state index in [0.29, 0.717) is 6.54 Å². The smallest absolute Gasteiger partial charge is 0.371 e. The van der Waals surface area contributed by atoms with E-state index in [1.807, 2.05) is 30.3 Å². The van der Waals surface area contributed by atoms with Crippen molar-refractivity contribution < 1.29 is 19.1 Å². The molecule has 20 heavy (non-hydrogen) atoms. The molecule has 0 saturated carbocycles. The maximum atomic E-state index is 12.0. The molecule has 2 rings (SSSR count). The van der Waals surface area contributed by atoms with E-state index in [2.05, 4.69) is 0 Å². The van der Waals surface area contributed by atoms with Gasteiger partial charge in [0.15, 0.2) is 5.76 Å². The number of carboxylic acid groups (broad SMARTS) is 1. The van der Waals surface area contributed by atoms with E-state index < -0.39 is 5.97 Å². The summed E-state index contributed by atoms with van der Waals surface area (Å²) in [6.45, 7) is 0.534. The van der Waals surface area contributed by atoms with Gasteiger partial charge in [0.05, 0.1) is 0 Å². The number of amides is 1. The van der Waals surface area contributed by atoms with Crippen LogP contribution in [-0.4, -0.2) is 35.5 Å². The maximum absolute atomic E-state index is 12.0.